The number of aromatic nitrogens is 1. The Morgan fingerprint density at radius 2 is 1.71 bits per heavy atom. The van der Waals surface area contributed by atoms with Crippen LogP contribution in [0.1, 0.15) is 65.6 Å². The molecule has 0 spiro atoms. The number of amides is 1. The summed E-state index contributed by atoms with van der Waals surface area (Å²) in [5, 5.41) is 13.2. The second kappa shape index (κ2) is 13.8. The number of hydrogen-bond acceptors (Lipinski definition) is 8. The number of carbonyl (C=O) groups excluding carboxylic acids is 3. The van der Waals surface area contributed by atoms with E-state index >= 15 is 0 Å². The van der Waals surface area contributed by atoms with Gasteiger partial charge in [-0.1, -0.05) is 20.8 Å². The lowest BCUT2D eigenvalue weighted by molar-refractivity contribution is -0.126. The van der Waals surface area contributed by atoms with Gasteiger partial charge in [0.15, 0.2) is 14.1 Å². The zero-order valence-electron chi connectivity index (χ0n) is 26.3. The Morgan fingerprint density at radius 1 is 1.05 bits per heavy atom. The Morgan fingerprint density at radius 3 is 2.24 bits per heavy atom. The lowest BCUT2D eigenvalue weighted by Crippen LogP contribution is -2.47. The molecule has 0 saturated heterocycles. The van der Waals surface area contributed by atoms with Crippen LogP contribution in [0, 0.1) is 0 Å². The number of fused-ring (bicyclic) bond motifs is 1. The molecule has 0 bridgehead atoms. The number of methoxy groups -OCH3 is 2. The minimum Gasteiger partial charge on any atom is -0.497 e. The van der Waals surface area contributed by atoms with Gasteiger partial charge in [0, 0.05) is 30.7 Å². The van der Waals surface area contributed by atoms with Crippen LogP contribution in [0.3, 0.4) is 0 Å². The highest BCUT2D eigenvalue weighted by molar-refractivity contribution is 6.74. The maximum absolute atomic E-state index is 13.7. The molecule has 1 aromatic carbocycles. The molecule has 230 valence electrons. The molecule has 41 heavy (non-hydrogen) atoms. The summed E-state index contributed by atoms with van der Waals surface area (Å²) in [6.45, 7) is 15.9. The van der Waals surface area contributed by atoms with E-state index in [1.54, 1.807) is 40.0 Å². The topological polar surface area (TPSA) is 125 Å². The summed E-state index contributed by atoms with van der Waals surface area (Å²) in [7, 11) is 0.523. The fourth-order valence-corrected chi connectivity index (χ4v) is 5.62. The van der Waals surface area contributed by atoms with Crippen LogP contribution in [-0.4, -0.2) is 75.0 Å². The average Bonchev–Trinajstić information content (AvgIpc) is 3.16. The molecule has 2 rings (SSSR count). The summed E-state index contributed by atoms with van der Waals surface area (Å²) >= 11 is 0. The van der Waals surface area contributed by atoms with Gasteiger partial charge in [0.05, 0.1) is 19.7 Å². The molecule has 1 atom stereocenters. The molecule has 1 amide bonds. The number of nitrogens with zero attached hydrogens (tertiary/aromatic N) is 1. The number of Topliss-reactive ketones (excluding diaryl/α,β-unsaturated/α-hetero) is 1. The molecule has 1 aromatic heterocycles. The zero-order chi connectivity index (χ0) is 31.2. The molecule has 0 saturated carbocycles. The van der Waals surface area contributed by atoms with Gasteiger partial charge in [-0.3, -0.25) is 4.79 Å². The minimum absolute atomic E-state index is 0.0919. The van der Waals surface area contributed by atoms with E-state index in [9.17, 15) is 19.5 Å². The predicted octanol–water partition coefficient (Wildman–Crippen LogP) is 5.61. The Bertz CT molecular complexity index is 1220. The molecule has 0 radical (unpaired) electrons. The van der Waals surface area contributed by atoms with Crippen molar-refractivity contribution in [3.05, 3.63) is 29.5 Å². The Labute approximate surface area is 244 Å². The van der Waals surface area contributed by atoms with Gasteiger partial charge in [0.2, 0.25) is 0 Å². The van der Waals surface area contributed by atoms with Crippen molar-refractivity contribution in [1.82, 2.24) is 9.88 Å². The van der Waals surface area contributed by atoms with Crippen LogP contribution >= 0.6 is 0 Å². The van der Waals surface area contributed by atoms with Crippen LogP contribution in [0.2, 0.25) is 18.1 Å². The first-order valence-electron chi connectivity index (χ1n) is 14.0. The van der Waals surface area contributed by atoms with Crippen molar-refractivity contribution in [1.29, 1.82) is 0 Å². The van der Waals surface area contributed by atoms with Gasteiger partial charge in [-0.2, -0.15) is 0 Å². The number of rotatable bonds is 12. The number of alkyl carbamates (subject to hydrolysis) is 1. The van der Waals surface area contributed by atoms with Crippen molar-refractivity contribution in [3.63, 3.8) is 0 Å². The van der Waals surface area contributed by atoms with E-state index in [1.165, 1.54) is 11.7 Å². The van der Waals surface area contributed by atoms with Gasteiger partial charge in [0.25, 0.3) is 0 Å². The highest BCUT2D eigenvalue weighted by Crippen LogP contribution is 2.38. The number of aliphatic hydroxyl groups excluding tert-OH is 1. The Hall–Kier alpha value is -2.89. The van der Waals surface area contributed by atoms with Crippen LogP contribution in [0.4, 0.5) is 9.59 Å². The molecule has 0 aliphatic heterocycles. The molecule has 0 unspecified atom stereocenters. The maximum atomic E-state index is 13.7. The summed E-state index contributed by atoms with van der Waals surface area (Å²) in [6, 6.07) is 5.33. The van der Waals surface area contributed by atoms with E-state index in [2.05, 4.69) is 39.2 Å². The zero-order valence-corrected chi connectivity index (χ0v) is 27.3. The van der Waals surface area contributed by atoms with E-state index in [0.717, 1.165) is 10.9 Å². The summed E-state index contributed by atoms with van der Waals surface area (Å²) < 4.78 is 23.8. The molecular weight excluding hydrogens is 544 g/mol. The van der Waals surface area contributed by atoms with Crippen molar-refractivity contribution < 1.29 is 38.1 Å². The quantitative estimate of drug-likeness (QED) is 0.305. The van der Waals surface area contributed by atoms with Crippen molar-refractivity contribution in [2.45, 2.75) is 97.1 Å². The fraction of sp³-hybridized carbons (Fsp3) is 0.633. The number of ketones is 1. The van der Waals surface area contributed by atoms with Crippen LogP contribution in [-0.2, 0) is 31.5 Å². The molecule has 11 heteroatoms. The monoisotopic (exact) mass is 592 g/mol. The Kier molecular flexibility index (Phi) is 11.6. The van der Waals surface area contributed by atoms with Gasteiger partial charge < -0.3 is 29.1 Å². The lowest BCUT2D eigenvalue weighted by Gasteiger charge is -2.39. The van der Waals surface area contributed by atoms with E-state index in [1.807, 2.05) is 6.07 Å². The molecule has 0 aliphatic rings. The van der Waals surface area contributed by atoms with E-state index in [0.29, 0.717) is 23.4 Å². The van der Waals surface area contributed by atoms with E-state index in [4.69, 9.17) is 18.6 Å². The number of nitrogens with one attached hydrogen (secondary N) is 1. The first kappa shape index (κ1) is 34.3. The molecule has 2 aromatic rings. The van der Waals surface area contributed by atoms with Crippen LogP contribution in [0.15, 0.2) is 18.2 Å². The standard InChI is InChI=1S/C30H48N2O8Si/c1-29(2,3)39-27(35)31-17-15-26(40-41(9,10)30(4,5)6)25(34)14-13-23-21(16-18-33)22-19-20(37-7)11-12-24(22)32(23)28(36)38-8/h11-12,19,26,33H,13-18H2,1-10H3,(H,31,35)/t26-/m0/s1. The average molecular weight is 593 g/mol. The molecule has 0 fully saturated rings. The molecule has 1 heterocycles. The van der Waals surface area contributed by atoms with Gasteiger partial charge in [-0.15, -0.1) is 0 Å². The van der Waals surface area contributed by atoms with Gasteiger partial charge in [-0.05, 0) is 81.9 Å². The van der Waals surface area contributed by atoms with Crippen molar-refractivity contribution in [2.75, 3.05) is 27.4 Å². The molecule has 0 aliphatic carbocycles. The highest BCUT2D eigenvalue weighted by atomic mass is 28.4. The van der Waals surface area contributed by atoms with Crippen LogP contribution in [0.25, 0.3) is 10.9 Å². The number of carbonyl (C=O) groups is 3. The van der Waals surface area contributed by atoms with Crippen molar-refractivity contribution in [3.8, 4) is 5.75 Å². The first-order chi connectivity index (χ1) is 19.0. The van der Waals surface area contributed by atoms with Gasteiger partial charge >= 0.3 is 12.2 Å². The predicted molar refractivity (Wildman–Crippen MR) is 161 cm³/mol. The largest absolute Gasteiger partial charge is 0.497 e. The number of hydrogen-bond donors (Lipinski definition) is 2. The second-order valence-electron chi connectivity index (χ2n) is 12.6. The number of benzene rings is 1. The van der Waals surface area contributed by atoms with E-state index < -0.39 is 32.2 Å². The lowest BCUT2D eigenvalue weighted by atomic mass is 10.0. The number of aliphatic hydroxyl groups is 1. The summed E-state index contributed by atoms with van der Waals surface area (Å²) in [5.74, 6) is 0.483. The van der Waals surface area contributed by atoms with Crippen molar-refractivity contribution >= 4 is 37.2 Å². The normalized spacial score (nSPS) is 13.1. The number of ether oxygens (including phenoxy) is 3. The maximum Gasteiger partial charge on any atom is 0.418 e. The molecule has 2 N–H and O–H groups in total. The summed E-state index contributed by atoms with van der Waals surface area (Å²) in [4.78, 5) is 38.8. The summed E-state index contributed by atoms with van der Waals surface area (Å²) in [6.07, 6.45) is -0.981. The smallest absolute Gasteiger partial charge is 0.418 e. The SMILES string of the molecule is COC(=O)n1c(CCC(=O)[C@H](CCNC(=O)OC(C)(C)C)O[Si](C)(C)C(C)(C)C)c(CCO)c2cc(OC)ccc21. The van der Waals surface area contributed by atoms with E-state index in [-0.39, 0.29) is 43.2 Å². The minimum atomic E-state index is -2.34. The third kappa shape index (κ3) is 9.05. The van der Waals surface area contributed by atoms with Crippen molar-refractivity contribution in [2.24, 2.45) is 0 Å². The second-order valence-corrected chi connectivity index (χ2v) is 17.4. The van der Waals surface area contributed by atoms with Crippen LogP contribution < -0.4 is 10.1 Å². The van der Waals surface area contributed by atoms with Gasteiger partial charge in [-0.25, -0.2) is 14.2 Å². The van der Waals surface area contributed by atoms with Crippen LogP contribution in [0.5, 0.6) is 5.75 Å². The fourth-order valence-electron chi connectivity index (χ4n) is 4.31. The Balaban J connectivity index is 2.38. The third-order valence-corrected chi connectivity index (χ3v) is 11.9. The first-order valence-corrected chi connectivity index (χ1v) is 16.9. The van der Waals surface area contributed by atoms with Gasteiger partial charge in [0.1, 0.15) is 17.5 Å². The molecule has 10 nitrogen and oxygen atoms in total. The third-order valence-electron chi connectivity index (χ3n) is 7.39. The molecular formula is C30H48N2O8Si. The highest BCUT2D eigenvalue weighted by Gasteiger charge is 2.40. The summed E-state index contributed by atoms with van der Waals surface area (Å²) in [5.41, 5.74) is 1.33.